The minimum Gasteiger partial charge on any atom is -0.493 e. The molecule has 1 unspecified atom stereocenters. The van der Waals surface area contributed by atoms with Crippen LogP contribution >= 0.6 is 0 Å². The van der Waals surface area contributed by atoms with Crippen LogP contribution in [0.2, 0.25) is 0 Å². The molecular weight excluding hydrogens is 1170 g/mol. The zero-order valence-corrected chi connectivity index (χ0v) is 51.3. The number of aliphatic imine (C=N–C) groups is 2. The summed E-state index contributed by atoms with van der Waals surface area (Å²) in [6, 6.07) is 22.6. The first-order chi connectivity index (χ1) is 42.6. The van der Waals surface area contributed by atoms with Gasteiger partial charge < -0.3 is 82.8 Å². The van der Waals surface area contributed by atoms with E-state index in [0.29, 0.717) is 104 Å². The highest BCUT2D eigenvalue weighted by Crippen LogP contribution is 2.41. The molecule has 476 valence electrons. The Morgan fingerprint density at radius 3 is 2.11 bits per heavy atom. The van der Waals surface area contributed by atoms with E-state index in [0.717, 1.165) is 23.6 Å². The van der Waals surface area contributed by atoms with E-state index >= 15 is 0 Å². The molecule has 10 rings (SSSR count). The summed E-state index contributed by atoms with van der Waals surface area (Å²) >= 11 is 0. The van der Waals surface area contributed by atoms with Crippen molar-refractivity contribution >= 4 is 46.2 Å². The van der Waals surface area contributed by atoms with Crippen molar-refractivity contribution < 1.29 is 84.8 Å². The Morgan fingerprint density at radius 2 is 1.39 bits per heavy atom. The smallest absolute Gasteiger partial charge is 0.493 e. The molecule has 3 amide bonds. The van der Waals surface area contributed by atoms with E-state index in [1.165, 1.54) is 36.9 Å². The fourth-order valence-corrected chi connectivity index (χ4v) is 11.7. The summed E-state index contributed by atoms with van der Waals surface area (Å²) in [5.41, 5.74) is 10.5. The molecule has 7 N–H and O–H groups in total. The summed E-state index contributed by atoms with van der Waals surface area (Å²) in [6.07, 6.45) is -2.31. The second-order valence-corrected chi connectivity index (χ2v) is 25.4. The molecule has 5 aliphatic rings. The van der Waals surface area contributed by atoms with Gasteiger partial charge in [0.05, 0.1) is 70.1 Å². The number of aliphatic hydroxyl groups is 4. The SMILES string of the molecule is COc1cc2c(cc1OCCCCCOc1cc3c(cc1OC)C(=O)N1Cc4cc(OS(=O)(=O)Oc5cc(C(=O)NCC(C)(C)COCC(C)(C)CN)ccc5O[C@@H]5O[C@H](CO)[C@H](O)[C@H](O)[C@H]5O)ccc4C[C@H]1C=N3)C=NC1Cc3ccccc3CN1C2=O. The number of nitrogens with zero attached hydrogens (tertiary/aromatic N) is 4. The number of carbonyl (C=O) groups excluding carboxylic acids is 3. The highest BCUT2D eigenvalue weighted by Gasteiger charge is 2.45. The predicted octanol–water partition coefficient (Wildman–Crippen LogP) is 5.21. The lowest BCUT2D eigenvalue weighted by molar-refractivity contribution is -0.277. The number of hydrogen-bond donors (Lipinski definition) is 6. The number of methoxy groups -OCH3 is 2. The van der Waals surface area contributed by atoms with Gasteiger partial charge in [0.1, 0.15) is 36.3 Å². The number of nitrogens with two attached hydrogens (primary N) is 1. The first kappa shape index (κ1) is 64.1. The second kappa shape index (κ2) is 27.1. The van der Waals surface area contributed by atoms with Crippen LogP contribution in [-0.4, -0.2) is 172 Å². The summed E-state index contributed by atoms with van der Waals surface area (Å²) in [5.74, 6) is -0.541. The van der Waals surface area contributed by atoms with Crippen LogP contribution in [0.3, 0.4) is 0 Å². The highest BCUT2D eigenvalue weighted by atomic mass is 32.3. The molecular formula is C64H76N6O18S. The van der Waals surface area contributed by atoms with Crippen molar-refractivity contribution in [2.24, 2.45) is 26.5 Å². The number of nitrogens with one attached hydrogen (secondary N) is 1. The Kier molecular flexibility index (Phi) is 19.5. The van der Waals surface area contributed by atoms with Crippen molar-refractivity contribution in [2.45, 2.75) is 116 Å². The molecule has 0 aromatic heterocycles. The van der Waals surface area contributed by atoms with Gasteiger partial charge in [0.15, 0.2) is 34.5 Å². The maximum atomic E-state index is 14.4. The third-order valence-corrected chi connectivity index (χ3v) is 17.0. The van der Waals surface area contributed by atoms with Crippen molar-refractivity contribution in [1.82, 2.24) is 15.1 Å². The lowest BCUT2D eigenvalue weighted by Gasteiger charge is -2.39. The third kappa shape index (κ3) is 14.7. The molecule has 0 radical (unpaired) electrons. The summed E-state index contributed by atoms with van der Waals surface area (Å²) in [6.45, 7) is 9.46. The average molecular weight is 1250 g/mol. The molecule has 5 aromatic carbocycles. The van der Waals surface area contributed by atoms with E-state index in [-0.39, 0.29) is 65.7 Å². The van der Waals surface area contributed by atoms with Gasteiger partial charge in [0.25, 0.3) is 17.7 Å². The number of carbonyl (C=O) groups is 3. The molecule has 89 heavy (non-hydrogen) atoms. The fraction of sp³-hybridized carbons (Fsp3) is 0.453. The Labute approximate surface area is 516 Å². The molecule has 5 aromatic rings. The largest absolute Gasteiger partial charge is 0.501 e. The second-order valence-electron chi connectivity index (χ2n) is 24.2. The minimum absolute atomic E-state index is 0.0392. The molecule has 25 heteroatoms. The monoisotopic (exact) mass is 1250 g/mol. The van der Waals surface area contributed by atoms with Gasteiger partial charge in [0, 0.05) is 66.5 Å². The Balaban J connectivity index is 0.758. The standard InChI is InChI=1S/C64H76N6O18S/c1-63(2,33-65)35-82-36-64(3,4)34-68-59(75)39-15-17-48(85-62-58(74)57(73)56(72)54(32-71)86-62)53(22-39)88-89(78,79)87-44-16-14-38-20-43-29-66-47-27-52(50(81-6)26-46(47)61(77)69(43)31-42(38)21-44)84-19-11-7-10-18-83-51-23-41-28-67-55-24-37-12-8-9-13-40(37)30-70(55)60(76)45(41)25-49(51)80-5/h8-9,12-17,21-23,25-29,43,54-58,62,71-74H,7,10-11,18-20,24,30-36,65H2,1-6H3,(H,68,75)/t43-,54+,55?,56-,57-,58+,62+/m0/s1. The van der Waals surface area contributed by atoms with Crippen LogP contribution in [0.5, 0.6) is 40.2 Å². The van der Waals surface area contributed by atoms with Crippen LogP contribution in [0, 0.1) is 10.8 Å². The molecule has 1 saturated heterocycles. The quantitative estimate of drug-likeness (QED) is 0.0409. The maximum Gasteiger partial charge on any atom is 0.501 e. The summed E-state index contributed by atoms with van der Waals surface area (Å²) in [4.78, 5) is 54.8. The third-order valence-electron chi connectivity index (χ3n) is 16.2. The van der Waals surface area contributed by atoms with Gasteiger partial charge in [-0.3, -0.25) is 24.4 Å². The Morgan fingerprint density at radius 1 is 0.719 bits per heavy atom. The van der Waals surface area contributed by atoms with E-state index in [4.69, 9.17) is 57.2 Å². The molecule has 0 bridgehead atoms. The number of hydrogen-bond acceptors (Lipinski definition) is 21. The molecule has 5 aliphatic heterocycles. The predicted molar refractivity (Wildman–Crippen MR) is 325 cm³/mol. The number of ether oxygens (including phenoxy) is 7. The van der Waals surface area contributed by atoms with Gasteiger partial charge >= 0.3 is 10.4 Å². The number of benzene rings is 5. The number of rotatable bonds is 25. The lowest BCUT2D eigenvalue weighted by atomic mass is 9.93. The van der Waals surface area contributed by atoms with E-state index < -0.39 is 70.8 Å². The van der Waals surface area contributed by atoms with Crippen molar-refractivity contribution in [3.63, 3.8) is 0 Å². The average Bonchev–Trinajstić information content (AvgIpc) is 1.78. The van der Waals surface area contributed by atoms with E-state index in [2.05, 4.69) is 11.4 Å². The van der Waals surface area contributed by atoms with Gasteiger partial charge in [-0.05, 0) is 103 Å². The zero-order valence-electron chi connectivity index (χ0n) is 50.5. The van der Waals surface area contributed by atoms with Crippen molar-refractivity contribution in [1.29, 1.82) is 0 Å². The van der Waals surface area contributed by atoms with E-state index in [1.807, 2.05) is 45.9 Å². The Hall–Kier alpha value is -7.88. The maximum absolute atomic E-state index is 14.4. The Bertz CT molecular complexity index is 3610. The van der Waals surface area contributed by atoms with Gasteiger partial charge in [-0.15, -0.1) is 8.42 Å². The van der Waals surface area contributed by atoms with Crippen LogP contribution in [-0.2, 0) is 45.8 Å². The molecule has 5 heterocycles. The molecule has 1 fully saturated rings. The van der Waals surface area contributed by atoms with E-state index in [1.54, 1.807) is 59.7 Å². The van der Waals surface area contributed by atoms with Crippen LogP contribution < -0.4 is 43.1 Å². The molecule has 0 aliphatic carbocycles. The van der Waals surface area contributed by atoms with Gasteiger partial charge in [-0.2, -0.15) is 0 Å². The van der Waals surface area contributed by atoms with Crippen molar-refractivity contribution in [3.05, 3.63) is 129 Å². The molecule has 7 atom stereocenters. The lowest BCUT2D eigenvalue weighted by Crippen LogP contribution is -2.60. The van der Waals surface area contributed by atoms with Crippen LogP contribution in [0.1, 0.15) is 106 Å². The topological polar surface area (TPSA) is 319 Å². The molecule has 0 spiro atoms. The summed E-state index contributed by atoms with van der Waals surface area (Å²) < 4.78 is 79.8. The first-order valence-electron chi connectivity index (χ1n) is 29.5. The van der Waals surface area contributed by atoms with Gasteiger partial charge in [0.2, 0.25) is 6.29 Å². The van der Waals surface area contributed by atoms with Gasteiger partial charge in [-0.25, -0.2) is 0 Å². The number of unbranched alkanes of at least 4 members (excludes halogenated alkanes) is 2. The number of amides is 3. The number of fused-ring (bicyclic) bond motifs is 6. The van der Waals surface area contributed by atoms with Crippen LogP contribution in [0.25, 0.3) is 0 Å². The highest BCUT2D eigenvalue weighted by molar-refractivity contribution is 7.82. The number of aliphatic hydroxyl groups excluding tert-OH is 4. The molecule has 0 saturated carbocycles. The minimum atomic E-state index is -5.08. The van der Waals surface area contributed by atoms with Crippen molar-refractivity contribution in [3.8, 4) is 40.2 Å². The zero-order chi connectivity index (χ0) is 63.4. The first-order valence-corrected chi connectivity index (χ1v) is 30.8. The molecule has 24 nitrogen and oxygen atoms in total. The normalized spacial score (nSPS) is 21.2. The van der Waals surface area contributed by atoms with Gasteiger partial charge in [-0.1, -0.05) is 58.0 Å². The summed E-state index contributed by atoms with van der Waals surface area (Å²) in [5, 5.41) is 44.2. The fourth-order valence-electron chi connectivity index (χ4n) is 10.9. The summed E-state index contributed by atoms with van der Waals surface area (Å²) in [7, 11) is -2.06. The van der Waals surface area contributed by atoms with Crippen LogP contribution in [0.4, 0.5) is 5.69 Å². The van der Waals surface area contributed by atoms with E-state index in [9.17, 15) is 43.2 Å². The van der Waals surface area contributed by atoms with Crippen molar-refractivity contribution in [2.75, 3.05) is 60.3 Å². The van der Waals surface area contributed by atoms with Crippen LogP contribution in [0.15, 0.2) is 94.9 Å².